The van der Waals surface area contributed by atoms with Crippen LogP contribution in [-0.2, 0) is 11.2 Å². The van der Waals surface area contributed by atoms with Gasteiger partial charge in [0.25, 0.3) is 0 Å². The highest BCUT2D eigenvalue weighted by Gasteiger charge is 2.24. The Hall–Kier alpha value is -2.05. The molecule has 1 amide bonds. The molecule has 0 aliphatic carbocycles. The maximum absolute atomic E-state index is 12.0. The number of carbonyl (C=O) groups excluding carboxylic acids is 1. The summed E-state index contributed by atoms with van der Waals surface area (Å²) in [5, 5.41) is 10.8. The molecule has 7 nitrogen and oxygen atoms in total. The highest BCUT2D eigenvalue weighted by Crippen LogP contribution is 2.14. The van der Waals surface area contributed by atoms with Crippen LogP contribution in [0.5, 0.6) is 0 Å². The third-order valence-electron chi connectivity index (χ3n) is 4.71. The van der Waals surface area contributed by atoms with Gasteiger partial charge in [0.2, 0.25) is 5.91 Å². The molecule has 7 heteroatoms. The molecule has 1 aliphatic rings. The van der Waals surface area contributed by atoms with Gasteiger partial charge in [-0.2, -0.15) is 0 Å². The van der Waals surface area contributed by atoms with Crippen molar-refractivity contribution in [1.82, 2.24) is 20.7 Å². The second kappa shape index (κ2) is 8.87. The van der Waals surface area contributed by atoms with Crippen LogP contribution in [0.2, 0.25) is 0 Å². The van der Waals surface area contributed by atoms with Gasteiger partial charge in [0.05, 0.1) is 5.69 Å². The summed E-state index contributed by atoms with van der Waals surface area (Å²) in [7, 11) is 1.78. The molecule has 1 aromatic rings. The highest BCUT2D eigenvalue weighted by atomic mass is 16.5. The molecule has 1 saturated heterocycles. The summed E-state index contributed by atoms with van der Waals surface area (Å²) in [5.41, 5.74) is 2.10. The van der Waals surface area contributed by atoms with Gasteiger partial charge in [0, 0.05) is 44.2 Å². The first kappa shape index (κ1) is 19.3. The molecule has 1 aromatic heterocycles. The van der Waals surface area contributed by atoms with Crippen LogP contribution in [-0.4, -0.2) is 54.6 Å². The van der Waals surface area contributed by atoms with Crippen molar-refractivity contribution in [2.45, 2.75) is 53.0 Å². The number of rotatable bonds is 5. The Morgan fingerprint density at radius 2 is 2.04 bits per heavy atom. The number of amides is 1. The predicted octanol–water partition coefficient (Wildman–Crippen LogP) is 1.65. The zero-order chi connectivity index (χ0) is 18.4. The largest absolute Gasteiger partial charge is 0.361 e. The van der Waals surface area contributed by atoms with Gasteiger partial charge in [0.15, 0.2) is 5.96 Å². The van der Waals surface area contributed by atoms with E-state index in [4.69, 9.17) is 4.52 Å². The quantitative estimate of drug-likeness (QED) is 0.624. The maximum atomic E-state index is 12.0. The van der Waals surface area contributed by atoms with Gasteiger partial charge in [-0.15, -0.1) is 0 Å². The van der Waals surface area contributed by atoms with Crippen LogP contribution in [0.4, 0.5) is 0 Å². The minimum Gasteiger partial charge on any atom is -0.361 e. The molecule has 1 fully saturated rings. The molecule has 140 valence electrons. The van der Waals surface area contributed by atoms with Crippen molar-refractivity contribution in [2.24, 2.45) is 10.9 Å². The van der Waals surface area contributed by atoms with E-state index in [0.717, 1.165) is 61.9 Å². The summed E-state index contributed by atoms with van der Waals surface area (Å²) in [5.74, 6) is 2.01. The molecule has 0 saturated carbocycles. The molecule has 0 radical (unpaired) electrons. The number of aryl methyl sites for hydroxylation is 2. The molecule has 0 unspecified atom stereocenters. The van der Waals surface area contributed by atoms with E-state index in [1.807, 2.05) is 32.6 Å². The average Bonchev–Trinajstić information content (AvgIpc) is 2.92. The first-order chi connectivity index (χ1) is 11.9. The van der Waals surface area contributed by atoms with E-state index in [1.54, 1.807) is 7.05 Å². The second-order valence-corrected chi connectivity index (χ2v) is 6.95. The number of likely N-dealkylation sites (tertiary alicyclic amines) is 1. The van der Waals surface area contributed by atoms with Crippen molar-refractivity contribution in [3.05, 3.63) is 17.0 Å². The van der Waals surface area contributed by atoms with Crippen LogP contribution < -0.4 is 10.6 Å². The van der Waals surface area contributed by atoms with Crippen LogP contribution in [0.3, 0.4) is 0 Å². The minimum atomic E-state index is 0.0725. The molecule has 0 bridgehead atoms. The van der Waals surface area contributed by atoms with Gasteiger partial charge in [-0.3, -0.25) is 9.79 Å². The van der Waals surface area contributed by atoms with E-state index in [-0.39, 0.29) is 11.8 Å². The monoisotopic (exact) mass is 349 g/mol. The topological polar surface area (TPSA) is 82.8 Å². The van der Waals surface area contributed by atoms with Crippen molar-refractivity contribution in [2.75, 3.05) is 26.7 Å². The van der Waals surface area contributed by atoms with E-state index in [0.29, 0.717) is 6.04 Å². The summed E-state index contributed by atoms with van der Waals surface area (Å²) in [4.78, 5) is 18.3. The summed E-state index contributed by atoms with van der Waals surface area (Å²) in [6.07, 6.45) is 2.75. The molecule has 1 aliphatic heterocycles. The van der Waals surface area contributed by atoms with Crippen molar-refractivity contribution < 1.29 is 9.32 Å². The van der Waals surface area contributed by atoms with Crippen LogP contribution >= 0.6 is 0 Å². The Morgan fingerprint density at radius 1 is 1.36 bits per heavy atom. The number of nitrogens with one attached hydrogen (secondary N) is 2. The number of nitrogens with zero attached hydrogens (tertiary/aromatic N) is 3. The Labute approximate surface area is 150 Å². The predicted molar refractivity (Wildman–Crippen MR) is 98.6 cm³/mol. The lowest BCUT2D eigenvalue weighted by molar-refractivity contribution is -0.135. The fourth-order valence-corrected chi connectivity index (χ4v) is 3.16. The van der Waals surface area contributed by atoms with Crippen LogP contribution in [0.1, 0.15) is 43.7 Å². The first-order valence-corrected chi connectivity index (χ1v) is 9.10. The van der Waals surface area contributed by atoms with Gasteiger partial charge in [-0.25, -0.2) is 0 Å². The molecule has 0 aromatic carbocycles. The Bertz CT molecular complexity index is 581. The van der Waals surface area contributed by atoms with Crippen molar-refractivity contribution in [3.8, 4) is 0 Å². The molecule has 2 N–H and O–H groups in total. The maximum Gasteiger partial charge on any atom is 0.225 e. The molecule has 2 rings (SSSR count). The fourth-order valence-electron chi connectivity index (χ4n) is 3.16. The number of carbonyl (C=O) groups is 1. The lowest BCUT2D eigenvalue weighted by atomic mass is 10.0. The van der Waals surface area contributed by atoms with E-state index in [1.165, 1.54) is 0 Å². The summed E-state index contributed by atoms with van der Waals surface area (Å²) >= 11 is 0. The normalized spacial score (nSPS) is 16.4. The van der Waals surface area contributed by atoms with Crippen LogP contribution in [0, 0.1) is 19.8 Å². The summed E-state index contributed by atoms with van der Waals surface area (Å²) in [6, 6.07) is 0.349. The van der Waals surface area contributed by atoms with E-state index in [9.17, 15) is 4.79 Å². The molecular formula is C18H31N5O2. The molecule has 25 heavy (non-hydrogen) atoms. The average molecular weight is 349 g/mol. The van der Waals surface area contributed by atoms with Crippen molar-refractivity contribution in [1.29, 1.82) is 0 Å². The number of piperidine rings is 1. The van der Waals surface area contributed by atoms with Crippen LogP contribution in [0.15, 0.2) is 9.52 Å². The lowest BCUT2D eigenvalue weighted by Crippen LogP contribution is -2.50. The number of hydrogen-bond donors (Lipinski definition) is 2. The number of aliphatic imine (C=N–C) groups is 1. The summed E-state index contributed by atoms with van der Waals surface area (Å²) in [6.45, 7) is 10.2. The van der Waals surface area contributed by atoms with E-state index < -0.39 is 0 Å². The second-order valence-electron chi connectivity index (χ2n) is 6.95. The first-order valence-electron chi connectivity index (χ1n) is 9.10. The third kappa shape index (κ3) is 5.21. The third-order valence-corrected chi connectivity index (χ3v) is 4.71. The van der Waals surface area contributed by atoms with Crippen molar-refractivity contribution >= 4 is 11.9 Å². The molecule has 0 spiro atoms. The lowest BCUT2D eigenvalue weighted by Gasteiger charge is -2.34. The fraction of sp³-hybridized carbons (Fsp3) is 0.722. The van der Waals surface area contributed by atoms with Gasteiger partial charge in [-0.05, 0) is 33.1 Å². The Balaban J connectivity index is 1.75. The van der Waals surface area contributed by atoms with E-state index in [2.05, 4.69) is 20.8 Å². The Morgan fingerprint density at radius 3 is 2.56 bits per heavy atom. The highest BCUT2D eigenvalue weighted by molar-refractivity contribution is 5.80. The summed E-state index contributed by atoms with van der Waals surface area (Å²) < 4.78 is 5.19. The van der Waals surface area contributed by atoms with Gasteiger partial charge in [-0.1, -0.05) is 19.0 Å². The Kier molecular flexibility index (Phi) is 6.84. The van der Waals surface area contributed by atoms with Crippen LogP contribution in [0.25, 0.3) is 0 Å². The number of guanidine groups is 1. The SMILES string of the molecule is CN=C(NCCc1c(C)noc1C)NC1CCN(C(=O)C(C)C)CC1. The minimum absolute atomic E-state index is 0.0725. The van der Waals surface area contributed by atoms with E-state index >= 15 is 0 Å². The number of hydrogen-bond acceptors (Lipinski definition) is 4. The van der Waals surface area contributed by atoms with Gasteiger partial charge < -0.3 is 20.1 Å². The smallest absolute Gasteiger partial charge is 0.225 e. The van der Waals surface area contributed by atoms with Gasteiger partial charge in [0.1, 0.15) is 5.76 Å². The zero-order valence-electron chi connectivity index (χ0n) is 16.1. The van der Waals surface area contributed by atoms with Crippen molar-refractivity contribution in [3.63, 3.8) is 0 Å². The molecular weight excluding hydrogens is 318 g/mol. The molecule has 0 atom stereocenters. The molecule has 2 heterocycles. The standard InChI is InChI=1S/C18H31N5O2/c1-12(2)17(24)23-10-7-15(8-11-23)21-18(19-5)20-9-6-16-13(3)22-25-14(16)4/h12,15H,6-11H2,1-5H3,(H2,19,20,21). The van der Waals surface area contributed by atoms with Gasteiger partial charge >= 0.3 is 0 Å². The zero-order valence-corrected chi connectivity index (χ0v) is 16.1. The number of aromatic nitrogens is 1.